The predicted molar refractivity (Wildman–Crippen MR) is 63.5 cm³/mol. The molecule has 0 radical (unpaired) electrons. The Labute approximate surface area is 101 Å². The first-order valence-electron chi connectivity index (χ1n) is 6.04. The highest BCUT2D eigenvalue weighted by Crippen LogP contribution is 2.04. The number of rotatable bonds is 5. The minimum atomic E-state index is -0.900. The molecule has 0 bridgehead atoms. The van der Waals surface area contributed by atoms with Crippen molar-refractivity contribution in [2.45, 2.75) is 31.8 Å². The van der Waals surface area contributed by atoms with Crippen molar-refractivity contribution in [1.29, 1.82) is 0 Å². The second-order valence-electron chi connectivity index (χ2n) is 3.99. The van der Waals surface area contributed by atoms with Gasteiger partial charge in [0, 0.05) is 13.1 Å². The third-order valence-electron chi connectivity index (χ3n) is 2.77. The van der Waals surface area contributed by atoms with Gasteiger partial charge in [-0.1, -0.05) is 0 Å². The highest BCUT2D eigenvalue weighted by atomic mass is 16.5. The Kier molecular flexibility index (Phi) is 5.93. The number of piperidine rings is 1. The molecule has 6 heteroatoms. The number of likely N-dealkylation sites (N-methyl/N-ethyl adjacent to an activating group) is 1. The standard InChI is InChI=1S/C11H21N3O3/c1-3-17-11(16)9(10(15)12-2)14-8-4-6-13-7-5-8/h8-9,13-14H,3-7H2,1-2H3,(H,12,15). The van der Waals surface area contributed by atoms with Crippen molar-refractivity contribution >= 4 is 11.9 Å². The average molecular weight is 243 g/mol. The third-order valence-corrected chi connectivity index (χ3v) is 2.77. The Morgan fingerprint density at radius 3 is 2.59 bits per heavy atom. The lowest BCUT2D eigenvalue weighted by Gasteiger charge is -2.27. The monoisotopic (exact) mass is 243 g/mol. The lowest BCUT2D eigenvalue weighted by Crippen LogP contribution is -2.54. The summed E-state index contributed by atoms with van der Waals surface area (Å²) in [6, 6.07) is -0.717. The van der Waals surface area contributed by atoms with Gasteiger partial charge in [-0.05, 0) is 32.9 Å². The van der Waals surface area contributed by atoms with Crippen LogP contribution in [0.25, 0.3) is 0 Å². The van der Waals surface area contributed by atoms with Gasteiger partial charge in [0.15, 0.2) is 6.04 Å². The normalized spacial score (nSPS) is 18.5. The summed E-state index contributed by atoms with van der Waals surface area (Å²) in [6.07, 6.45) is 1.82. The van der Waals surface area contributed by atoms with Crippen molar-refractivity contribution in [1.82, 2.24) is 16.0 Å². The Bertz CT molecular complexity index is 265. The SMILES string of the molecule is CCOC(=O)C(NC1CCNCC1)C(=O)NC. The highest BCUT2D eigenvalue weighted by molar-refractivity contribution is 6.01. The predicted octanol–water partition coefficient (Wildman–Crippen LogP) is -0.994. The van der Waals surface area contributed by atoms with E-state index in [1.807, 2.05) is 0 Å². The first-order valence-corrected chi connectivity index (χ1v) is 6.04. The van der Waals surface area contributed by atoms with Crippen LogP contribution < -0.4 is 16.0 Å². The van der Waals surface area contributed by atoms with Crippen LogP contribution in [0.15, 0.2) is 0 Å². The van der Waals surface area contributed by atoms with E-state index in [4.69, 9.17) is 4.74 Å². The second-order valence-corrected chi connectivity index (χ2v) is 3.99. The van der Waals surface area contributed by atoms with Crippen molar-refractivity contribution < 1.29 is 14.3 Å². The molecule has 1 aliphatic rings. The zero-order valence-electron chi connectivity index (χ0n) is 10.4. The molecule has 3 N–H and O–H groups in total. The van der Waals surface area contributed by atoms with Gasteiger partial charge < -0.3 is 15.4 Å². The van der Waals surface area contributed by atoms with Crippen LogP contribution in [0.3, 0.4) is 0 Å². The number of esters is 1. The summed E-state index contributed by atoms with van der Waals surface area (Å²) in [5.41, 5.74) is 0. The van der Waals surface area contributed by atoms with E-state index < -0.39 is 12.0 Å². The molecule has 1 saturated heterocycles. The molecule has 0 saturated carbocycles. The summed E-state index contributed by atoms with van der Waals surface area (Å²) in [7, 11) is 1.51. The third kappa shape index (κ3) is 4.32. The molecule has 1 heterocycles. The number of hydrogen-bond acceptors (Lipinski definition) is 5. The maximum Gasteiger partial charge on any atom is 0.332 e. The number of amides is 1. The van der Waals surface area contributed by atoms with Crippen LogP contribution in [0.5, 0.6) is 0 Å². The minimum Gasteiger partial charge on any atom is -0.464 e. The molecule has 0 aromatic carbocycles. The summed E-state index contributed by atoms with van der Waals surface area (Å²) in [6.45, 7) is 3.81. The minimum absolute atomic E-state index is 0.183. The van der Waals surface area contributed by atoms with Crippen LogP contribution in [-0.2, 0) is 14.3 Å². The van der Waals surface area contributed by atoms with Crippen molar-refractivity contribution in [3.05, 3.63) is 0 Å². The summed E-state index contributed by atoms with van der Waals surface area (Å²) < 4.78 is 4.89. The van der Waals surface area contributed by atoms with Gasteiger partial charge in [0.05, 0.1) is 6.61 Å². The van der Waals surface area contributed by atoms with E-state index >= 15 is 0 Å². The lowest BCUT2D eigenvalue weighted by atomic mass is 10.1. The van der Waals surface area contributed by atoms with Gasteiger partial charge in [-0.25, -0.2) is 4.79 Å². The molecule has 1 unspecified atom stereocenters. The topological polar surface area (TPSA) is 79.5 Å². The molecule has 6 nitrogen and oxygen atoms in total. The van der Waals surface area contributed by atoms with Gasteiger partial charge in [-0.3, -0.25) is 10.1 Å². The van der Waals surface area contributed by atoms with E-state index in [0.717, 1.165) is 25.9 Å². The van der Waals surface area contributed by atoms with Crippen molar-refractivity contribution in [3.8, 4) is 0 Å². The molecule has 1 fully saturated rings. The maximum absolute atomic E-state index is 11.7. The average Bonchev–Trinajstić information content (AvgIpc) is 2.36. The molecular weight excluding hydrogens is 222 g/mol. The molecule has 1 aliphatic heterocycles. The number of carbonyl (C=O) groups excluding carboxylic acids is 2. The van der Waals surface area contributed by atoms with Crippen LogP contribution >= 0.6 is 0 Å². The maximum atomic E-state index is 11.7. The van der Waals surface area contributed by atoms with E-state index in [-0.39, 0.29) is 18.6 Å². The molecule has 0 aromatic rings. The fourth-order valence-electron chi connectivity index (χ4n) is 1.84. The van der Waals surface area contributed by atoms with E-state index in [2.05, 4.69) is 16.0 Å². The Balaban J connectivity index is 2.55. The van der Waals surface area contributed by atoms with E-state index in [1.165, 1.54) is 7.05 Å². The summed E-state index contributed by atoms with van der Waals surface area (Å²) in [5.74, 6) is -0.854. The Morgan fingerprint density at radius 1 is 1.41 bits per heavy atom. The van der Waals surface area contributed by atoms with Crippen LogP contribution in [-0.4, -0.2) is 50.7 Å². The fraction of sp³-hybridized carbons (Fsp3) is 0.818. The van der Waals surface area contributed by atoms with Gasteiger partial charge in [-0.15, -0.1) is 0 Å². The van der Waals surface area contributed by atoms with Crippen LogP contribution in [0.2, 0.25) is 0 Å². The molecule has 1 atom stereocenters. The number of hydrogen-bond donors (Lipinski definition) is 3. The van der Waals surface area contributed by atoms with E-state index in [9.17, 15) is 9.59 Å². The molecule has 1 amide bonds. The highest BCUT2D eigenvalue weighted by Gasteiger charge is 2.29. The van der Waals surface area contributed by atoms with Crippen LogP contribution in [0.1, 0.15) is 19.8 Å². The molecule has 0 spiro atoms. The van der Waals surface area contributed by atoms with Crippen molar-refractivity contribution in [3.63, 3.8) is 0 Å². The van der Waals surface area contributed by atoms with Gasteiger partial charge in [0.25, 0.3) is 0 Å². The second kappa shape index (κ2) is 7.24. The Hall–Kier alpha value is -1.14. The number of nitrogens with one attached hydrogen (secondary N) is 3. The molecule has 17 heavy (non-hydrogen) atoms. The van der Waals surface area contributed by atoms with Crippen LogP contribution in [0.4, 0.5) is 0 Å². The van der Waals surface area contributed by atoms with Crippen molar-refractivity contribution in [2.24, 2.45) is 0 Å². The van der Waals surface area contributed by atoms with E-state index in [1.54, 1.807) is 6.92 Å². The lowest BCUT2D eigenvalue weighted by molar-refractivity contribution is -0.149. The first kappa shape index (κ1) is 13.9. The number of ether oxygens (including phenoxy) is 1. The summed E-state index contributed by atoms with van der Waals surface area (Å²) in [4.78, 5) is 23.3. The largest absolute Gasteiger partial charge is 0.464 e. The molecule has 98 valence electrons. The van der Waals surface area contributed by atoms with E-state index in [0.29, 0.717) is 0 Å². The van der Waals surface area contributed by atoms with Gasteiger partial charge >= 0.3 is 5.97 Å². The van der Waals surface area contributed by atoms with Crippen LogP contribution in [0, 0.1) is 0 Å². The zero-order chi connectivity index (χ0) is 12.7. The molecule has 0 aromatic heterocycles. The molecule has 1 rings (SSSR count). The molecule has 0 aliphatic carbocycles. The van der Waals surface area contributed by atoms with Gasteiger partial charge in [-0.2, -0.15) is 0 Å². The number of carbonyl (C=O) groups is 2. The Morgan fingerprint density at radius 2 is 2.06 bits per heavy atom. The smallest absolute Gasteiger partial charge is 0.332 e. The van der Waals surface area contributed by atoms with Gasteiger partial charge in [0.1, 0.15) is 0 Å². The van der Waals surface area contributed by atoms with Crippen molar-refractivity contribution in [2.75, 3.05) is 26.7 Å². The zero-order valence-corrected chi connectivity index (χ0v) is 10.4. The summed E-state index contributed by atoms with van der Waals surface area (Å²) in [5, 5.41) is 8.77. The van der Waals surface area contributed by atoms with Gasteiger partial charge in [0.2, 0.25) is 5.91 Å². The molecular formula is C11H21N3O3. The summed E-state index contributed by atoms with van der Waals surface area (Å²) >= 11 is 0. The quantitative estimate of drug-likeness (QED) is 0.426. The first-order chi connectivity index (χ1) is 8.19. The fourth-order valence-corrected chi connectivity index (χ4v) is 1.84.